The quantitative estimate of drug-likeness (QED) is 0.343. The summed E-state index contributed by atoms with van der Waals surface area (Å²) in [6, 6.07) is -1.05. The van der Waals surface area contributed by atoms with E-state index in [1.165, 1.54) is 0 Å². The molecule has 0 radical (unpaired) electrons. The highest BCUT2D eigenvalue weighted by Crippen LogP contribution is 2.17. The van der Waals surface area contributed by atoms with Crippen LogP contribution in [-0.4, -0.2) is 57.6 Å². The van der Waals surface area contributed by atoms with Gasteiger partial charge in [0, 0.05) is 38.5 Å². The highest BCUT2D eigenvalue weighted by molar-refractivity contribution is 6.02. The molecule has 12 nitrogen and oxygen atoms in total. The lowest BCUT2D eigenvalue weighted by atomic mass is 9.99. The van der Waals surface area contributed by atoms with Crippen molar-refractivity contribution in [2.75, 3.05) is 0 Å². The van der Waals surface area contributed by atoms with Gasteiger partial charge in [-0.25, -0.2) is 9.59 Å². The van der Waals surface area contributed by atoms with Crippen LogP contribution in [0.15, 0.2) is 0 Å². The first-order valence-electron chi connectivity index (χ1n) is 10.6. The summed E-state index contributed by atoms with van der Waals surface area (Å²) in [6.07, 6.45) is 0.924. The molecular weight excluding hydrogens is 426 g/mol. The topological polar surface area (TPSA) is 156 Å². The number of hydrogen-bond acceptors (Lipinski definition) is 9. The molecule has 2 atom stereocenters. The molecule has 2 saturated heterocycles. The summed E-state index contributed by atoms with van der Waals surface area (Å²) >= 11 is 0. The van der Waals surface area contributed by atoms with Gasteiger partial charge in [0.25, 0.3) is 23.6 Å². The van der Waals surface area contributed by atoms with Gasteiger partial charge in [0.05, 0.1) is 0 Å². The standard InChI is InChI=1S/C20H27N3O9/c1-3-12(2)19(20(30)32-23-16(27)10-11-17(23)28)21-13(24)6-4-5-7-18(29)31-22-14(25)8-9-15(22)26/h12,19H,3-11H2,1-2H3,(H,21,24)/t12?,19-/m0/s1. The molecule has 0 saturated carbocycles. The van der Waals surface area contributed by atoms with Crippen LogP contribution < -0.4 is 5.32 Å². The lowest BCUT2D eigenvalue weighted by Gasteiger charge is -2.24. The fourth-order valence-electron chi connectivity index (χ4n) is 3.08. The molecule has 0 spiro atoms. The predicted octanol–water partition coefficient (Wildman–Crippen LogP) is 0.292. The minimum Gasteiger partial charge on any atom is -0.342 e. The highest BCUT2D eigenvalue weighted by atomic mass is 16.7. The molecule has 0 bridgehead atoms. The Morgan fingerprint density at radius 2 is 1.31 bits per heavy atom. The Hall–Kier alpha value is -3.31. The van der Waals surface area contributed by atoms with Crippen LogP contribution in [0.2, 0.25) is 0 Å². The van der Waals surface area contributed by atoms with Crippen molar-refractivity contribution < 1.29 is 43.2 Å². The van der Waals surface area contributed by atoms with Crippen molar-refractivity contribution in [3.63, 3.8) is 0 Å². The molecule has 32 heavy (non-hydrogen) atoms. The molecule has 12 heteroatoms. The molecule has 2 heterocycles. The Bertz CT molecular complexity index is 778. The number of hydrogen-bond donors (Lipinski definition) is 1. The summed E-state index contributed by atoms with van der Waals surface area (Å²) in [5, 5.41) is 3.45. The third kappa shape index (κ3) is 6.59. The maximum atomic E-state index is 12.5. The molecule has 0 aromatic rings. The summed E-state index contributed by atoms with van der Waals surface area (Å²) < 4.78 is 0. The van der Waals surface area contributed by atoms with E-state index in [2.05, 4.69) is 5.32 Å². The van der Waals surface area contributed by atoms with E-state index in [0.29, 0.717) is 16.5 Å². The summed E-state index contributed by atoms with van der Waals surface area (Å²) in [4.78, 5) is 92.3. The zero-order valence-corrected chi connectivity index (χ0v) is 18.1. The molecule has 2 rings (SSSR count). The van der Waals surface area contributed by atoms with Gasteiger partial charge < -0.3 is 15.0 Å². The van der Waals surface area contributed by atoms with Gasteiger partial charge in [-0.1, -0.05) is 20.3 Å². The second-order valence-corrected chi connectivity index (χ2v) is 7.68. The summed E-state index contributed by atoms with van der Waals surface area (Å²) in [6.45, 7) is 3.53. The second kappa shape index (κ2) is 11.3. The second-order valence-electron chi connectivity index (χ2n) is 7.68. The monoisotopic (exact) mass is 453 g/mol. The van der Waals surface area contributed by atoms with Crippen LogP contribution in [0.5, 0.6) is 0 Å². The number of amides is 5. The van der Waals surface area contributed by atoms with Crippen LogP contribution in [-0.2, 0) is 43.2 Å². The van der Waals surface area contributed by atoms with Gasteiger partial charge in [0.1, 0.15) is 6.04 Å². The average molecular weight is 453 g/mol. The lowest BCUT2D eigenvalue weighted by Crippen LogP contribution is -2.48. The minimum absolute atomic E-state index is 0.00333. The summed E-state index contributed by atoms with van der Waals surface area (Å²) in [5.74, 6) is -4.79. The van der Waals surface area contributed by atoms with Crippen molar-refractivity contribution in [3.05, 3.63) is 0 Å². The molecule has 2 aliphatic rings. The number of rotatable bonds is 11. The number of unbranched alkanes of at least 4 members (excludes halogenated alkanes) is 1. The van der Waals surface area contributed by atoms with E-state index in [0.717, 1.165) is 0 Å². The van der Waals surface area contributed by atoms with E-state index >= 15 is 0 Å². The number of nitrogens with one attached hydrogen (secondary N) is 1. The van der Waals surface area contributed by atoms with E-state index < -0.39 is 47.5 Å². The molecule has 5 amide bonds. The van der Waals surface area contributed by atoms with Crippen molar-refractivity contribution in [2.24, 2.45) is 5.92 Å². The van der Waals surface area contributed by atoms with E-state index in [4.69, 9.17) is 9.68 Å². The molecular formula is C20H27N3O9. The van der Waals surface area contributed by atoms with Crippen LogP contribution in [0.25, 0.3) is 0 Å². The molecule has 1 unspecified atom stereocenters. The number of hydroxylamine groups is 4. The molecule has 176 valence electrons. The van der Waals surface area contributed by atoms with E-state index in [1.54, 1.807) is 6.92 Å². The lowest BCUT2D eigenvalue weighted by molar-refractivity contribution is -0.200. The zero-order chi connectivity index (χ0) is 23.8. The van der Waals surface area contributed by atoms with Gasteiger partial charge >= 0.3 is 11.9 Å². The van der Waals surface area contributed by atoms with Crippen LogP contribution in [0.3, 0.4) is 0 Å². The summed E-state index contributed by atoms with van der Waals surface area (Å²) in [7, 11) is 0. The van der Waals surface area contributed by atoms with Crippen LogP contribution in [0.1, 0.15) is 71.6 Å². The van der Waals surface area contributed by atoms with Gasteiger partial charge in [0.2, 0.25) is 5.91 Å². The average Bonchev–Trinajstić information content (AvgIpc) is 3.24. The maximum Gasteiger partial charge on any atom is 0.355 e. The number of carbonyl (C=O) groups is 7. The molecule has 0 aliphatic carbocycles. The normalized spacial score (nSPS) is 18.1. The van der Waals surface area contributed by atoms with Gasteiger partial charge in [-0.2, -0.15) is 0 Å². The Labute approximate surface area is 184 Å². The fourth-order valence-corrected chi connectivity index (χ4v) is 3.08. The van der Waals surface area contributed by atoms with Crippen LogP contribution in [0.4, 0.5) is 0 Å². The smallest absolute Gasteiger partial charge is 0.342 e. The maximum absolute atomic E-state index is 12.5. The predicted molar refractivity (Wildman–Crippen MR) is 104 cm³/mol. The fraction of sp³-hybridized carbons (Fsp3) is 0.650. The Balaban J connectivity index is 1.76. The number of nitrogens with zero attached hydrogens (tertiary/aromatic N) is 2. The largest absolute Gasteiger partial charge is 0.355 e. The van der Waals surface area contributed by atoms with Gasteiger partial charge in [-0.05, 0) is 18.8 Å². The van der Waals surface area contributed by atoms with Gasteiger partial charge in [0.15, 0.2) is 0 Å². The molecule has 2 fully saturated rings. The van der Waals surface area contributed by atoms with Crippen LogP contribution in [0, 0.1) is 5.92 Å². The zero-order valence-electron chi connectivity index (χ0n) is 18.1. The van der Waals surface area contributed by atoms with Crippen molar-refractivity contribution in [1.82, 2.24) is 15.4 Å². The Morgan fingerprint density at radius 1 is 0.844 bits per heavy atom. The van der Waals surface area contributed by atoms with Gasteiger partial charge in [-0.15, -0.1) is 10.1 Å². The van der Waals surface area contributed by atoms with E-state index in [1.807, 2.05) is 6.92 Å². The highest BCUT2D eigenvalue weighted by Gasteiger charge is 2.37. The van der Waals surface area contributed by atoms with Crippen LogP contribution >= 0.6 is 0 Å². The summed E-state index contributed by atoms with van der Waals surface area (Å²) in [5.41, 5.74) is 0. The van der Waals surface area contributed by atoms with Crippen molar-refractivity contribution >= 4 is 41.5 Å². The number of carbonyl (C=O) groups excluding carboxylic acids is 7. The van der Waals surface area contributed by atoms with Crippen molar-refractivity contribution in [1.29, 1.82) is 0 Å². The molecule has 2 aliphatic heterocycles. The molecule has 1 N–H and O–H groups in total. The Kier molecular flexibility index (Phi) is 8.85. The first kappa shape index (κ1) is 25.0. The Morgan fingerprint density at radius 3 is 1.81 bits per heavy atom. The third-order valence-corrected chi connectivity index (χ3v) is 5.20. The van der Waals surface area contributed by atoms with E-state index in [9.17, 15) is 33.6 Å². The first-order valence-corrected chi connectivity index (χ1v) is 10.6. The number of imide groups is 2. The third-order valence-electron chi connectivity index (χ3n) is 5.20. The molecule has 0 aromatic carbocycles. The van der Waals surface area contributed by atoms with Gasteiger partial charge in [-0.3, -0.25) is 24.0 Å². The van der Waals surface area contributed by atoms with Crippen molar-refractivity contribution in [3.8, 4) is 0 Å². The first-order chi connectivity index (χ1) is 15.1. The molecule has 0 aromatic heterocycles. The van der Waals surface area contributed by atoms with Crippen molar-refractivity contribution in [2.45, 2.75) is 77.7 Å². The minimum atomic E-state index is -1.05. The van der Waals surface area contributed by atoms with E-state index in [-0.39, 0.29) is 57.3 Å². The SMILES string of the molecule is CCC(C)[C@H](NC(=O)CCCCC(=O)ON1C(=O)CCC1=O)C(=O)ON1C(=O)CCC1=O.